The van der Waals surface area contributed by atoms with Gasteiger partial charge in [0, 0.05) is 33.2 Å². The first-order chi connectivity index (χ1) is 6.63. The Bertz CT molecular complexity index is 222. The Morgan fingerprint density at radius 2 is 2.00 bits per heavy atom. The SMILES string of the molecule is CNC(=O)N1CCN(CC(=N)N)CC1. The van der Waals surface area contributed by atoms with Crippen LogP contribution in [0.25, 0.3) is 0 Å². The van der Waals surface area contributed by atoms with Crippen LogP contribution in [0.4, 0.5) is 4.79 Å². The van der Waals surface area contributed by atoms with Gasteiger partial charge in [0.1, 0.15) is 5.84 Å². The Balaban J connectivity index is 2.31. The van der Waals surface area contributed by atoms with Gasteiger partial charge in [-0.05, 0) is 0 Å². The van der Waals surface area contributed by atoms with Crippen molar-refractivity contribution in [3.63, 3.8) is 0 Å². The largest absolute Gasteiger partial charge is 0.387 e. The summed E-state index contributed by atoms with van der Waals surface area (Å²) in [6.45, 7) is 3.47. The zero-order valence-corrected chi connectivity index (χ0v) is 8.42. The molecule has 0 aromatic heterocycles. The van der Waals surface area contributed by atoms with E-state index in [1.807, 2.05) is 0 Å². The van der Waals surface area contributed by atoms with Gasteiger partial charge < -0.3 is 16.0 Å². The summed E-state index contributed by atoms with van der Waals surface area (Å²) >= 11 is 0. The number of amidine groups is 1. The van der Waals surface area contributed by atoms with Gasteiger partial charge in [-0.25, -0.2) is 4.79 Å². The molecule has 0 unspecified atom stereocenters. The molecule has 1 aliphatic rings. The van der Waals surface area contributed by atoms with Crippen molar-refractivity contribution in [1.82, 2.24) is 15.1 Å². The van der Waals surface area contributed by atoms with Gasteiger partial charge in [-0.1, -0.05) is 0 Å². The Morgan fingerprint density at radius 3 is 2.43 bits per heavy atom. The van der Waals surface area contributed by atoms with Crippen molar-refractivity contribution < 1.29 is 4.79 Å². The Hall–Kier alpha value is -1.30. The van der Waals surface area contributed by atoms with Crippen LogP contribution in [0.2, 0.25) is 0 Å². The number of nitrogens with two attached hydrogens (primary N) is 1. The van der Waals surface area contributed by atoms with Crippen LogP contribution >= 0.6 is 0 Å². The number of carbonyl (C=O) groups excluding carboxylic acids is 1. The lowest BCUT2D eigenvalue weighted by atomic mass is 10.3. The van der Waals surface area contributed by atoms with Gasteiger partial charge in [0.15, 0.2) is 0 Å². The Labute approximate surface area is 83.5 Å². The lowest BCUT2D eigenvalue weighted by Gasteiger charge is -2.33. The second-order valence-electron chi connectivity index (χ2n) is 3.34. The van der Waals surface area contributed by atoms with E-state index in [9.17, 15) is 4.79 Å². The van der Waals surface area contributed by atoms with E-state index >= 15 is 0 Å². The van der Waals surface area contributed by atoms with Crippen molar-refractivity contribution >= 4 is 11.9 Å². The number of urea groups is 1. The van der Waals surface area contributed by atoms with Gasteiger partial charge in [0.25, 0.3) is 0 Å². The van der Waals surface area contributed by atoms with Crippen LogP contribution in [0.5, 0.6) is 0 Å². The minimum absolute atomic E-state index is 0.0347. The molecule has 6 heteroatoms. The van der Waals surface area contributed by atoms with E-state index < -0.39 is 0 Å². The molecule has 1 saturated heterocycles. The maximum Gasteiger partial charge on any atom is 0.317 e. The zero-order valence-electron chi connectivity index (χ0n) is 8.42. The van der Waals surface area contributed by atoms with E-state index in [4.69, 9.17) is 11.1 Å². The van der Waals surface area contributed by atoms with E-state index in [-0.39, 0.29) is 11.9 Å². The van der Waals surface area contributed by atoms with E-state index in [0.717, 1.165) is 13.1 Å². The van der Waals surface area contributed by atoms with Gasteiger partial charge >= 0.3 is 6.03 Å². The second kappa shape index (κ2) is 4.80. The third-order valence-electron chi connectivity index (χ3n) is 2.27. The minimum atomic E-state index is -0.0347. The van der Waals surface area contributed by atoms with Crippen LogP contribution in [0.15, 0.2) is 0 Å². The number of piperazine rings is 1. The number of amides is 2. The molecule has 0 saturated carbocycles. The maximum absolute atomic E-state index is 11.2. The molecule has 0 aliphatic carbocycles. The molecular weight excluding hydrogens is 182 g/mol. The minimum Gasteiger partial charge on any atom is -0.387 e. The van der Waals surface area contributed by atoms with Crippen molar-refractivity contribution in [2.45, 2.75) is 0 Å². The van der Waals surface area contributed by atoms with Crippen LogP contribution in [0, 0.1) is 5.41 Å². The molecule has 2 amide bonds. The maximum atomic E-state index is 11.2. The Kier molecular flexibility index (Phi) is 3.70. The predicted molar refractivity (Wildman–Crippen MR) is 54.4 cm³/mol. The van der Waals surface area contributed by atoms with Crippen LogP contribution in [-0.2, 0) is 0 Å². The van der Waals surface area contributed by atoms with Crippen LogP contribution in [0.3, 0.4) is 0 Å². The smallest absolute Gasteiger partial charge is 0.317 e. The molecule has 1 aliphatic heterocycles. The van der Waals surface area contributed by atoms with Crippen molar-refractivity contribution in [3.8, 4) is 0 Å². The Morgan fingerprint density at radius 1 is 1.43 bits per heavy atom. The fraction of sp³-hybridized carbons (Fsp3) is 0.750. The second-order valence-corrected chi connectivity index (χ2v) is 3.34. The first-order valence-electron chi connectivity index (χ1n) is 4.65. The van der Waals surface area contributed by atoms with E-state index in [2.05, 4.69) is 10.2 Å². The van der Waals surface area contributed by atoms with Gasteiger partial charge in [0.05, 0.1) is 6.54 Å². The summed E-state index contributed by atoms with van der Waals surface area (Å²) in [5.41, 5.74) is 5.29. The summed E-state index contributed by atoms with van der Waals surface area (Å²) in [4.78, 5) is 15.1. The number of nitrogens with zero attached hydrogens (tertiary/aromatic N) is 2. The summed E-state index contributed by atoms with van der Waals surface area (Å²) in [5.74, 6) is 0.179. The van der Waals surface area contributed by atoms with E-state index in [1.165, 1.54) is 0 Å². The molecule has 0 aromatic carbocycles. The summed E-state index contributed by atoms with van der Waals surface area (Å²) in [5, 5.41) is 9.74. The van der Waals surface area contributed by atoms with Gasteiger partial charge in [-0.2, -0.15) is 0 Å². The topological polar surface area (TPSA) is 85.5 Å². The quantitative estimate of drug-likeness (QED) is 0.389. The molecule has 1 rings (SSSR count). The van der Waals surface area contributed by atoms with Crippen molar-refractivity contribution in [2.75, 3.05) is 39.8 Å². The third-order valence-corrected chi connectivity index (χ3v) is 2.27. The number of hydrogen-bond donors (Lipinski definition) is 3. The first-order valence-corrected chi connectivity index (χ1v) is 4.65. The van der Waals surface area contributed by atoms with Gasteiger partial charge in [-0.15, -0.1) is 0 Å². The monoisotopic (exact) mass is 199 g/mol. The molecule has 0 atom stereocenters. The highest BCUT2D eigenvalue weighted by atomic mass is 16.2. The average Bonchev–Trinajstić information content (AvgIpc) is 2.17. The predicted octanol–water partition coefficient (Wildman–Crippen LogP) is -1.12. The molecule has 0 aromatic rings. The molecule has 1 heterocycles. The van der Waals surface area contributed by atoms with Gasteiger partial charge in [-0.3, -0.25) is 10.3 Å². The summed E-state index contributed by atoms with van der Waals surface area (Å²) < 4.78 is 0. The van der Waals surface area contributed by atoms with Crippen LogP contribution in [-0.4, -0.2) is 61.4 Å². The van der Waals surface area contributed by atoms with E-state index in [1.54, 1.807) is 11.9 Å². The summed E-state index contributed by atoms with van der Waals surface area (Å²) in [6.07, 6.45) is 0. The van der Waals surface area contributed by atoms with E-state index in [0.29, 0.717) is 19.6 Å². The molecule has 80 valence electrons. The molecule has 14 heavy (non-hydrogen) atoms. The average molecular weight is 199 g/mol. The molecule has 0 spiro atoms. The molecule has 0 radical (unpaired) electrons. The number of rotatable bonds is 2. The highest BCUT2D eigenvalue weighted by molar-refractivity contribution is 5.79. The van der Waals surface area contributed by atoms with Gasteiger partial charge in [0.2, 0.25) is 0 Å². The van der Waals surface area contributed by atoms with Crippen molar-refractivity contribution in [3.05, 3.63) is 0 Å². The highest BCUT2D eigenvalue weighted by Crippen LogP contribution is 2.00. The van der Waals surface area contributed by atoms with Crippen LogP contribution < -0.4 is 11.1 Å². The fourth-order valence-electron chi connectivity index (χ4n) is 1.51. The molecule has 6 nitrogen and oxygen atoms in total. The lowest BCUT2D eigenvalue weighted by molar-refractivity contribution is 0.150. The number of carbonyl (C=O) groups is 1. The molecular formula is C8H17N5O. The molecule has 0 bridgehead atoms. The fourth-order valence-corrected chi connectivity index (χ4v) is 1.51. The molecule has 1 fully saturated rings. The lowest BCUT2D eigenvalue weighted by Crippen LogP contribution is -2.52. The van der Waals surface area contributed by atoms with Crippen LogP contribution in [0.1, 0.15) is 0 Å². The number of hydrogen-bond acceptors (Lipinski definition) is 3. The summed E-state index contributed by atoms with van der Waals surface area (Å²) in [7, 11) is 1.63. The first kappa shape index (κ1) is 10.8. The summed E-state index contributed by atoms with van der Waals surface area (Å²) in [6, 6.07) is -0.0347. The number of nitrogens with one attached hydrogen (secondary N) is 2. The van der Waals surface area contributed by atoms with Crippen molar-refractivity contribution in [1.29, 1.82) is 5.41 Å². The highest BCUT2D eigenvalue weighted by Gasteiger charge is 2.19. The third kappa shape index (κ3) is 2.88. The normalized spacial score (nSPS) is 17.9. The standard InChI is InChI=1S/C8H17N5O/c1-11-8(14)13-4-2-12(3-5-13)6-7(9)10/h2-6H2,1H3,(H3,9,10)(H,11,14). The zero-order chi connectivity index (χ0) is 10.6. The van der Waals surface area contributed by atoms with Crippen molar-refractivity contribution in [2.24, 2.45) is 5.73 Å². The molecule has 4 N–H and O–H groups in total.